The summed E-state index contributed by atoms with van der Waals surface area (Å²) in [5, 5.41) is 0.588. The van der Waals surface area contributed by atoms with Gasteiger partial charge in [0, 0.05) is 20.8 Å². The van der Waals surface area contributed by atoms with Crippen molar-refractivity contribution in [3.05, 3.63) is 60.2 Å². The van der Waals surface area contributed by atoms with Crippen LogP contribution in [0.1, 0.15) is 17.7 Å². The van der Waals surface area contributed by atoms with Crippen LogP contribution in [0.15, 0.2) is 64.4 Å². The lowest BCUT2D eigenvalue weighted by Crippen LogP contribution is -2.14. The maximum atomic E-state index is 2.36. The van der Waals surface area contributed by atoms with Crippen LogP contribution in [-0.4, -0.2) is 5.75 Å². The number of rotatable bonds is 2. The lowest BCUT2D eigenvalue weighted by molar-refractivity contribution is 0.625. The Hall–Kier alpha value is -0.860. The van der Waals surface area contributed by atoms with Crippen LogP contribution in [0.4, 0.5) is 0 Å². The molecule has 0 amide bonds. The van der Waals surface area contributed by atoms with E-state index in [9.17, 15) is 0 Å². The van der Waals surface area contributed by atoms with Crippen molar-refractivity contribution in [3.63, 3.8) is 0 Å². The van der Waals surface area contributed by atoms with E-state index in [1.807, 2.05) is 23.5 Å². The van der Waals surface area contributed by atoms with Crippen molar-refractivity contribution in [1.29, 1.82) is 0 Å². The van der Waals surface area contributed by atoms with Gasteiger partial charge in [-0.05, 0) is 29.7 Å². The van der Waals surface area contributed by atoms with Gasteiger partial charge in [-0.2, -0.15) is 0 Å². The molecular formula is C16H16S2. The van der Waals surface area contributed by atoms with Crippen LogP contribution >= 0.6 is 23.5 Å². The molecule has 0 saturated heterocycles. The minimum Gasteiger partial charge on any atom is -0.126 e. The maximum absolute atomic E-state index is 2.36. The summed E-state index contributed by atoms with van der Waals surface area (Å²) in [6.45, 7) is 2.36. The molecule has 2 unspecified atom stereocenters. The van der Waals surface area contributed by atoms with E-state index >= 15 is 0 Å². The Balaban J connectivity index is 1.91. The van der Waals surface area contributed by atoms with Gasteiger partial charge in [0.1, 0.15) is 0 Å². The molecule has 92 valence electrons. The molecule has 0 radical (unpaired) electrons. The smallest absolute Gasteiger partial charge is 0.0389 e. The third-order valence-corrected chi connectivity index (χ3v) is 6.14. The standard InChI is InChI=1S/C16H16S2/c1-12-11-17-15-10-6-5-9-14(15)16(12)18-13-7-3-2-4-8-13/h2-10,12,16H,11H2,1H3. The predicted molar refractivity (Wildman–Crippen MR) is 81.4 cm³/mol. The number of hydrogen-bond donors (Lipinski definition) is 0. The number of thioether (sulfide) groups is 2. The zero-order chi connectivity index (χ0) is 12.4. The lowest BCUT2D eigenvalue weighted by atomic mass is 10.0. The molecule has 2 atom stereocenters. The third kappa shape index (κ3) is 2.45. The fraction of sp³-hybridized carbons (Fsp3) is 0.250. The zero-order valence-electron chi connectivity index (χ0n) is 10.4. The maximum Gasteiger partial charge on any atom is 0.0389 e. The summed E-state index contributed by atoms with van der Waals surface area (Å²) in [6, 6.07) is 19.6. The summed E-state index contributed by atoms with van der Waals surface area (Å²) in [5.74, 6) is 1.94. The summed E-state index contributed by atoms with van der Waals surface area (Å²) in [7, 11) is 0. The molecular weight excluding hydrogens is 256 g/mol. The van der Waals surface area contributed by atoms with E-state index < -0.39 is 0 Å². The van der Waals surface area contributed by atoms with E-state index in [4.69, 9.17) is 0 Å². The molecule has 2 aromatic rings. The highest BCUT2D eigenvalue weighted by molar-refractivity contribution is 8.01. The van der Waals surface area contributed by atoms with Crippen LogP contribution in [0.3, 0.4) is 0 Å². The molecule has 1 heterocycles. The van der Waals surface area contributed by atoms with E-state index in [2.05, 4.69) is 61.5 Å². The van der Waals surface area contributed by atoms with Crippen LogP contribution in [0.5, 0.6) is 0 Å². The third-order valence-electron chi connectivity index (χ3n) is 3.25. The van der Waals surface area contributed by atoms with Crippen LogP contribution in [0, 0.1) is 5.92 Å². The molecule has 2 heteroatoms. The first kappa shape index (κ1) is 12.2. The Morgan fingerprint density at radius 3 is 2.56 bits per heavy atom. The first-order valence-corrected chi connectivity index (χ1v) is 8.14. The molecule has 0 nitrogen and oxygen atoms in total. The lowest BCUT2D eigenvalue weighted by Gasteiger charge is -2.30. The van der Waals surface area contributed by atoms with Crippen LogP contribution in [0.2, 0.25) is 0 Å². The van der Waals surface area contributed by atoms with Gasteiger partial charge in [-0.15, -0.1) is 23.5 Å². The highest BCUT2D eigenvalue weighted by Gasteiger charge is 2.27. The molecule has 0 fully saturated rings. The van der Waals surface area contributed by atoms with Gasteiger partial charge in [0.15, 0.2) is 0 Å². The molecule has 0 N–H and O–H groups in total. The van der Waals surface area contributed by atoms with Gasteiger partial charge < -0.3 is 0 Å². The van der Waals surface area contributed by atoms with E-state index in [1.54, 1.807) is 0 Å². The highest BCUT2D eigenvalue weighted by Crippen LogP contribution is 2.48. The average molecular weight is 272 g/mol. The fourth-order valence-electron chi connectivity index (χ4n) is 2.29. The Morgan fingerprint density at radius 1 is 1.00 bits per heavy atom. The molecule has 1 aliphatic heterocycles. The van der Waals surface area contributed by atoms with Crippen molar-refractivity contribution in [2.75, 3.05) is 5.75 Å². The monoisotopic (exact) mass is 272 g/mol. The molecule has 1 aliphatic rings. The quantitative estimate of drug-likeness (QED) is 0.731. The normalized spacial score (nSPS) is 22.5. The van der Waals surface area contributed by atoms with Gasteiger partial charge in [0.25, 0.3) is 0 Å². The largest absolute Gasteiger partial charge is 0.126 e. The topological polar surface area (TPSA) is 0 Å². The summed E-state index contributed by atoms with van der Waals surface area (Å²) in [4.78, 5) is 2.83. The van der Waals surface area contributed by atoms with E-state index in [0.29, 0.717) is 5.25 Å². The number of benzene rings is 2. The molecule has 0 bridgehead atoms. The first-order valence-electron chi connectivity index (χ1n) is 6.28. The summed E-state index contributed by atoms with van der Waals surface area (Å²) < 4.78 is 0. The summed E-state index contributed by atoms with van der Waals surface area (Å²) in [5.41, 5.74) is 1.51. The molecule has 0 aromatic heterocycles. The van der Waals surface area contributed by atoms with Gasteiger partial charge in [-0.25, -0.2) is 0 Å². The summed E-state index contributed by atoms with van der Waals surface area (Å²) >= 11 is 4.00. The summed E-state index contributed by atoms with van der Waals surface area (Å²) in [6.07, 6.45) is 0. The number of fused-ring (bicyclic) bond motifs is 1. The van der Waals surface area contributed by atoms with Gasteiger partial charge in [0.2, 0.25) is 0 Å². The number of hydrogen-bond acceptors (Lipinski definition) is 2. The van der Waals surface area contributed by atoms with Crippen LogP contribution in [-0.2, 0) is 0 Å². The molecule has 0 aliphatic carbocycles. The molecule has 0 saturated carbocycles. The Morgan fingerprint density at radius 2 is 1.72 bits per heavy atom. The second kappa shape index (κ2) is 5.41. The zero-order valence-corrected chi connectivity index (χ0v) is 12.0. The van der Waals surface area contributed by atoms with Gasteiger partial charge in [-0.1, -0.05) is 43.3 Å². The highest BCUT2D eigenvalue weighted by atomic mass is 32.2. The SMILES string of the molecule is CC1CSc2ccccc2C1Sc1ccccc1. The molecule has 2 aromatic carbocycles. The fourth-order valence-corrected chi connectivity index (χ4v) is 4.92. The van der Waals surface area contributed by atoms with Crippen LogP contribution < -0.4 is 0 Å². The molecule has 3 rings (SSSR count). The first-order chi connectivity index (χ1) is 8.84. The van der Waals surface area contributed by atoms with Crippen LogP contribution in [0.25, 0.3) is 0 Å². The van der Waals surface area contributed by atoms with Gasteiger partial charge in [-0.3, -0.25) is 0 Å². The van der Waals surface area contributed by atoms with Crippen molar-refractivity contribution in [1.82, 2.24) is 0 Å². The van der Waals surface area contributed by atoms with Gasteiger partial charge >= 0.3 is 0 Å². The van der Waals surface area contributed by atoms with Crippen molar-refractivity contribution in [2.24, 2.45) is 5.92 Å². The minimum absolute atomic E-state index is 0.588. The minimum atomic E-state index is 0.588. The average Bonchev–Trinajstić information content (AvgIpc) is 2.43. The molecule has 0 spiro atoms. The van der Waals surface area contributed by atoms with Crippen molar-refractivity contribution >= 4 is 23.5 Å². The Labute approximate surface area is 117 Å². The van der Waals surface area contributed by atoms with Crippen molar-refractivity contribution in [3.8, 4) is 0 Å². The second-order valence-electron chi connectivity index (χ2n) is 4.68. The van der Waals surface area contributed by atoms with Crippen molar-refractivity contribution < 1.29 is 0 Å². The second-order valence-corrected chi connectivity index (χ2v) is 6.95. The van der Waals surface area contributed by atoms with Gasteiger partial charge in [0.05, 0.1) is 0 Å². The van der Waals surface area contributed by atoms with E-state index in [0.717, 1.165) is 5.92 Å². The predicted octanol–water partition coefficient (Wildman–Crippen LogP) is 5.26. The molecule has 18 heavy (non-hydrogen) atoms. The Kier molecular flexibility index (Phi) is 3.67. The van der Waals surface area contributed by atoms with E-state index in [-0.39, 0.29) is 0 Å². The van der Waals surface area contributed by atoms with Crippen molar-refractivity contribution in [2.45, 2.75) is 22.0 Å². The van der Waals surface area contributed by atoms with E-state index in [1.165, 1.54) is 21.1 Å². The Bertz CT molecular complexity index is 522.